The summed E-state index contributed by atoms with van der Waals surface area (Å²) >= 11 is 0. The molecule has 0 aliphatic carbocycles. The number of benzene rings is 1. The van der Waals surface area contributed by atoms with E-state index in [0.29, 0.717) is 5.92 Å². The van der Waals surface area contributed by atoms with Crippen molar-refractivity contribution in [3.8, 4) is 0 Å². The van der Waals surface area contributed by atoms with Crippen LogP contribution >= 0.6 is 0 Å². The second kappa shape index (κ2) is 3.75. The van der Waals surface area contributed by atoms with Crippen molar-refractivity contribution in [1.29, 1.82) is 0 Å². The van der Waals surface area contributed by atoms with Gasteiger partial charge in [-0.3, -0.25) is 0 Å². The van der Waals surface area contributed by atoms with Gasteiger partial charge in [-0.2, -0.15) is 0 Å². The van der Waals surface area contributed by atoms with E-state index in [1.54, 1.807) is 0 Å². The number of hydrogen-bond donors (Lipinski definition) is 0. The van der Waals surface area contributed by atoms with Crippen molar-refractivity contribution in [2.45, 2.75) is 6.92 Å². The van der Waals surface area contributed by atoms with Gasteiger partial charge in [0.1, 0.15) is 0 Å². The van der Waals surface area contributed by atoms with Crippen molar-refractivity contribution in [3.63, 3.8) is 0 Å². The third kappa shape index (κ3) is 1.99. The summed E-state index contributed by atoms with van der Waals surface area (Å²) in [6.45, 7) is 3.89. The summed E-state index contributed by atoms with van der Waals surface area (Å²) in [6, 6.07) is 10.4. The van der Waals surface area contributed by atoms with Gasteiger partial charge in [0, 0.05) is 5.92 Å². The molecule has 1 aliphatic rings. The molecule has 1 atom stereocenters. The lowest BCUT2D eigenvalue weighted by Gasteiger charge is -2.01. The van der Waals surface area contributed by atoms with Gasteiger partial charge in [-0.05, 0) is 11.1 Å². The fourth-order valence-electron chi connectivity index (χ4n) is 1.55. The summed E-state index contributed by atoms with van der Waals surface area (Å²) in [7, 11) is 0. The van der Waals surface area contributed by atoms with Crippen LogP contribution in [-0.4, -0.2) is 13.2 Å². The van der Waals surface area contributed by atoms with Crippen LogP contribution in [0, 0.1) is 5.92 Å². The number of hydrogen-bond acceptors (Lipinski definition) is 1. The molecule has 2 rings (SSSR count). The van der Waals surface area contributed by atoms with Crippen LogP contribution in [-0.2, 0) is 4.74 Å². The lowest BCUT2D eigenvalue weighted by Crippen LogP contribution is -1.93. The quantitative estimate of drug-likeness (QED) is 0.636. The molecular weight excluding hydrogens is 160 g/mol. The molecule has 0 bridgehead atoms. The van der Waals surface area contributed by atoms with Gasteiger partial charge in [-0.25, -0.2) is 0 Å². The van der Waals surface area contributed by atoms with E-state index >= 15 is 0 Å². The van der Waals surface area contributed by atoms with Gasteiger partial charge in [0.25, 0.3) is 0 Å². The topological polar surface area (TPSA) is 9.23 Å². The Kier molecular flexibility index (Phi) is 2.46. The highest BCUT2D eigenvalue weighted by Crippen LogP contribution is 2.21. The molecule has 0 N–H and O–H groups in total. The maximum absolute atomic E-state index is 5.37. The van der Waals surface area contributed by atoms with Crippen LogP contribution in [0.3, 0.4) is 0 Å². The zero-order chi connectivity index (χ0) is 9.10. The first-order valence-corrected chi connectivity index (χ1v) is 4.69. The van der Waals surface area contributed by atoms with E-state index in [-0.39, 0.29) is 0 Å². The van der Waals surface area contributed by atoms with E-state index in [2.05, 4.69) is 37.3 Å². The minimum absolute atomic E-state index is 0.584. The summed E-state index contributed by atoms with van der Waals surface area (Å²) in [5.41, 5.74) is 2.68. The summed E-state index contributed by atoms with van der Waals surface area (Å²) in [5, 5.41) is 0. The molecule has 0 amide bonds. The first-order chi connectivity index (χ1) is 6.36. The highest BCUT2D eigenvalue weighted by Gasteiger charge is 2.15. The lowest BCUT2D eigenvalue weighted by molar-refractivity contribution is 0.191. The van der Waals surface area contributed by atoms with E-state index in [0.717, 1.165) is 13.2 Å². The largest absolute Gasteiger partial charge is 0.376 e. The predicted octanol–water partition coefficient (Wildman–Crippen LogP) is 2.74. The summed E-state index contributed by atoms with van der Waals surface area (Å²) < 4.78 is 5.37. The summed E-state index contributed by atoms with van der Waals surface area (Å²) in [6.07, 6.45) is 2.23. The molecule has 0 aromatic heterocycles. The van der Waals surface area contributed by atoms with Crippen LogP contribution in [0.1, 0.15) is 12.5 Å². The number of ether oxygens (including phenoxy) is 1. The van der Waals surface area contributed by atoms with Gasteiger partial charge in [0.2, 0.25) is 0 Å². The van der Waals surface area contributed by atoms with Crippen LogP contribution in [0.5, 0.6) is 0 Å². The molecule has 1 heterocycles. The number of rotatable bonds is 1. The Balaban J connectivity index is 2.20. The summed E-state index contributed by atoms with van der Waals surface area (Å²) in [4.78, 5) is 0. The molecule has 1 aromatic rings. The van der Waals surface area contributed by atoms with Crippen molar-refractivity contribution in [2.24, 2.45) is 5.92 Å². The minimum Gasteiger partial charge on any atom is -0.376 e. The van der Waals surface area contributed by atoms with Crippen molar-refractivity contribution in [3.05, 3.63) is 41.5 Å². The van der Waals surface area contributed by atoms with Gasteiger partial charge in [0.05, 0.1) is 13.2 Å². The Bertz CT molecular complexity index is 300. The van der Waals surface area contributed by atoms with Crippen LogP contribution in [0.4, 0.5) is 0 Å². The molecule has 1 heteroatoms. The molecule has 13 heavy (non-hydrogen) atoms. The normalized spacial score (nSPS) is 25.3. The third-order valence-electron chi connectivity index (χ3n) is 2.42. The van der Waals surface area contributed by atoms with Crippen LogP contribution < -0.4 is 0 Å². The van der Waals surface area contributed by atoms with Gasteiger partial charge >= 0.3 is 0 Å². The second-order valence-corrected chi connectivity index (χ2v) is 3.55. The average molecular weight is 174 g/mol. The molecule has 0 spiro atoms. The molecular formula is C12H14O. The fourth-order valence-corrected chi connectivity index (χ4v) is 1.55. The molecule has 0 radical (unpaired) electrons. The van der Waals surface area contributed by atoms with Crippen molar-refractivity contribution in [1.82, 2.24) is 0 Å². The Morgan fingerprint density at radius 3 is 2.69 bits per heavy atom. The summed E-state index contributed by atoms with van der Waals surface area (Å²) in [5.74, 6) is 0.584. The van der Waals surface area contributed by atoms with E-state index in [9.17, 15) is 0 Å². The van der Waals surface area contributed by atoms with Gasteiger partial charge in [-0.15, -0.1) is 0 Å². The average Bonchev–Trinajstić information content (AvgIpc) is 2.54. The van der Waals surface area contributed by atoms with Gasteiger partial charge in [0.15, 0.2) is 0 Å². The standard InChI is InChI=1S/C12H14O/c1-10-8-13-9-12(10)7-11-5-3-2-4-6-11/h2-7,10H,8-9H2,1H3/b12-7+/t10-/m1/s1. The zero-order valence-electron chi connectivity index (χ0n) is 7.86. The minimum atomic E-state index is 0.584. The van der Waals surface area contributed by atoms with Gasteiger partial charge < -0.3 is 4.74 Å². The molecule has 1 fully saturated rings. The third-order valence-corrected chi connectivity index (χ3v) is 2.42. The second-order valence-electron chi connectivity index (χ2n) is 3.55. The zero-order valence-corrected chi connectivity index (χ0v) is 7.86. The van der Waals surface area contributed by atoms with Crippen LogP contribution in [0.25, 0.3) is 6.08 Å². The van der Waals surface area contributed by atoms with Crippen molar-refractivity contribution < 1.29 is 4.74 Å². The van der Waals surface area contributed by atoms with E-state index in [1.807, 2.05) is 6.07 Å². The molecule has 0 saturated carbocycles. The maximum Gasteiger partial charge on any atom is 0.0683 e. The first kappa shape index (κ1) is 8.52. The van der Waals surface area contributed by atoms with Gasteiger partial charge in [-0.1, -0.05) is 43.3 Å². The van der Waals surface area contributed by atoms with Crippen LogP contribution in [0.15, 0.2) is 35.9 Å². The Morgan fingerprint density at radius 1 is 1.31 bits per heavy atom. The lowest BCUT2D eigenvalue weighted by atomic mass is 10.0. The Hall–Kier alpha value is -1.08. The molecule has 68 valence electrons. The molecule has 1 nitrogen and oxygen atoms in total. The Labute approximate surface area is 79.0 Å². The van der Waals surface area contributed by atoms with Crippen molar-refractivity contribution >= 4 is 6.08 Å². The van der Waals surface area contributed by atoms with Crippen LogP contribution in [0.2, 0.25) is 0 Å². The highest BCUT2D eigenvalue weighted by molar-refractivity contribution is 5.53. The van der Waals surface area contributed by atoms with E-state index < -0.39 is 0 Å². The molecule has 0 unspecified atom stereocenters. The smallest absolute Gasteiger partial charge is 0.0683 e. The van der Waals surface area contributed by atoms with Crippen molar-refractivity contribution in [2.75, 3.05) is 13.2 Å². The van der Waals surface area contributed by atoms with E-state index in [1.165, 1.54) is 11.1 Å². The maximum atomic E-state index is 5.37. The Morgan fingerprint density at radius 2 is 2.08 bits per heavy atom. The van der Waals surface area contributed by atoms with E-state index in [4.69, 9.17) is 4.74 Å². The monoisotopic (exact) mass is 174 g/mol. The fraction of sp³-hybridized carbons (Fsp3) is 0.333. The predicted molar refractivity (Wildman–Crippen MR) is 54.4 cm³/mol. The molecule has 1 aromatic carbocycles. The molecule has 1 saturated heterocycles. The SMILES string of the molecule is C[C@@H]1COC/C1=C\c1ccccc1. The highest BCUT2D eigenvalue weighted by atomic mass is 16.5. The first-order valence-electron chi connectivity index (χ1n) is 4.69. The molecule has 1 aliphatic heterocycles.